The Morgan fingerprint density at radius 3 is 2.81 bits per heavy atom. The molecule has 0 bridgehead atoms. The van der Waals surface area contributed by atoms with E-state index in [2.05, 4.69) is 16.9 Å². The van der Waals surface area contributed by atoms with Crippen LogP contribution < -0.4 is 0 Å². The van der Waals surface area contributed by atoms with Crippen LogP contribution in [0.3, 0.4) is 0 Å². The third-order valence-corrected chi connectivity index (χ3v) is 3.19. The Morgan fingerprint density at radius 1 is 1.38 bits per heavy atom. The fourth-order valence-electron chi connectivity index (χ4n) is 1.35. The fourth-order valence-corrected chi connectivity index (χ4v) is 2.36. The maximum atomic E-state index is 5.94. The van der Waals surface area contributed by atoms with Gasteiger partial charge < -0.3 is 4.74 Å². The number of hydrogen-bond acceptors (Lipinski definition) is 4. The molecule has 0 fully saturated rings. The van der Waals surface area contributed by atoms with E-state index in [1.54, 1.807) is 24.5 Å². The second-order valence-corrected chi connectivity index (χ2v) is 5.02. The van der Waals surface area contributed by atoms with Crippen molar-refractivity contribution in [2.75, 3.05) is 7.11 Å². The number of rotatable bonds is 3. The molecule has 0 aromatic carbocycles. The fraction of sp³-hybridized carbons (Fsp3) is 0.273. The van der Waals surface area contributed by atoms with Gasteiger partial charge in [-0.2, -0.15) is 0 Å². The zero-order chi connectivity index (χ0) is 11.5. The molecule has 0 amide bonds. The van der Waals surface area contributed by atoms with Crippen molar-refractivity contribution in [2.24, 2.45) is 0 Å². The van der Waals surface area contributed by atoms with E-state index in [0.717, 1.165) is 10.6 Å². The largest absolute Gasteiger partial charge is 0.378 e. The first-order valence-corrected chi connectivity index (χ1v) is 5.97. The minimum Gasteiger partial charge on any atom is -0.378 e. The van der Waals surface area contributed by atoms with Gasteiger partial charge >= 0.3 is 0 Å². The number of ether oxygens (including phenoxy) is 1. The van der Waals surface area contributed by atoms with Crippen LogP contribution >= 0.6 is 22.9 Å². The summed E-state index contributed by atoms with van der Waals surface area (Å²) in [6, 6.07) is 5.76. The van der Waals surface area contributed by atoms with Crippen molar-refractivity contribution in [1.29, 1.82) is 0 Å². The summed E-state index contributed by atoms with van der Waals surface area (Å²) in [5, 5.41) is 0.447. The van der Waals surface area contributed by atoms with Crippen LogP contribution in [0, 0.1) is 6.92 Å². The predicted octanol–water partition coefficient (Wildman–Crippen LogP) is 3.31. The van der Waals surface area contributed by atoms with Gasteiger partial charge in [0.05, 0.1) is 17.2 Å². The Kier molecular flexibility index (Phi) is 3.53. The normalized spacial score (nSPS) is 10.7. The van der Waals surface area contributed by atoms with Crippen molar-refractivity contribution >= 4 is 22.9 Å². The third-order valence-electron chi connectivity index (χ3n) is 2.00. The lowest BCUT2D eigenvalue weighted by Crippen LogP contribution is -1.96. The molecule has 0 unspecified atom stereocenters. The molecule has 0 spiro atoms. The first-order valence-electron chi connectivity index (χ1n) is 4.78. The number of aryl methyl sites for hydroxylation is 1. The molecule has 0 aliphatic carbocycles. The molecule has 0 saturated carbocycles. The average molecular weight is 255 g/mol. The Bertz CT molecular complexity index is 498. The Balaban J connectivity index is 2.40. The van der Waals surface area contributed by atoms with E-state index >= 15 is 0 Å². The van der Waals surface area contributed by atoms with E-state index in [1.807, 2.05) is 12.1 Å². The average Bonchev–Trinajstić information content (AvgIpc) is 2.64. The van der Waals surface area contributed by atoms with Crippen LogP contribution in [0.25, 0.3) is 10.7 Å². The molecule has 0 aliphatic heterocycles. The molecule has 0 N–H and O–H groups in total. The zero-order valence-corrected chi connectivity index (χ0v) is 10.6. The first kappa shape index (κ1) is 11.5. The van der Waals surface area contributed by atoms with Gasteiger partial charge in [0.2, 0.25) is 0 Å². The summed E-state index contributed by atoms with van der Waals surface area (Å²) >= 11 is 7.59. The maximum Gasteiger partial charge on any atom is 0.171 e. The Hall–Kier alpha value is -0.970. The van der Waals surface area contributed by atoms with Gasteiger partial charge in [0.15, 0.2) is 5.82 Å². The van der Waals surface area contributed by atoms with Crippen molar-refractivity contribution in [1.82, 2.24) is 9.97 Å². The molecule has 16 heavy (non-hydrogen) atoms. The standard InChI is InChI=1S/C11H11ClN2OS/c1-7-3-4-9(16-7)11-13-8(6-15-2)5-10(12)14-11/h3-5H,6H2,1-2H3. The number of aromatic nitrogens is 2. The molecule has 2 rings (SSSR count). The summed E-state index contributed by atoms with van der Waals surface area (Å²) in [5.41, 5.74) is 0.795. The minimum atomic E-state index is 0.444. The van der Waals surface area contributed by atoms with Gasteiger partial charge in [0, 0.05) is 12.0 Å². The molecule has 0 atom stereocenters. The molecule has 2 heterocycles. The van der Waals surface area contributed by atoms with Crippen LogP contribution in [0.4, 0.5) is 0 Å². The van der Waals surface area contributed by atoms with Crippen LogP contribution in [-0.2, 0) is 11.3 Å². The molecule has 5 heteroatoms. The molecule has 84 valence electrons. The number of nitrogens with zero attached hydrogens (tertiary/aromatic N) is 2. The highest BCUT2D eigenvalue weighted by Gasteiger charge is 2.07. The van der Waals surface area contributed by atoms with E-state index in [9.17, 15) is 0 Å². The van der Waals surface area contributed by atoms with Crippen molar-refractivity contribution in [3.63, 3.8) is 0 Å². The number of halogens is 1. The molecule has 2 aromatic rings. The number of methoxy groups -OCH3 is 1. The van der Waals surface area contributed by atoms with Crippen LogP contribution in [0.2, 0.25) is 5.15 Å². The summed E-state index contributed by atoms with van der Waals surface area (Å²) in [5.74, 6) is 0.664. The van der Waals surface area contributed by atoms with Crippen LogP contribution in [-0.4, -0.2) is 17.1 Å². The SMILES string of the molecule is COCc1cc(Cl)nc(-c2ccc(C)s2)n1. The molecule has 0 radical (unpaired) electrons. The third kappa shape index (κ3) is 2.58. The van der Waals surface area contributed by atoms with E-state index in [4.69, 9.17) is 16.3 Å². The van der Waals surface area contributed by atoms with Gasteiger partial charge in [-0.05, 0) is 25.1 Å². The monoisotopic (exact) mass is 254 g/mol. The minimum absolute atomic E-state index is 0.444. The number of hydrogen-bond donors (Lipinski definition) is 0. The molecular formula is C11H11ClN2OS. The van der Waals surface area contributed by atoms with Gasteiger partial charge in [-0.1, -0.05) is 11.6 Å². The smallest absolute Gasteiger partial charge is 0.171 e. The first-order chi connectivity index (χ1) is 7.69. The summed E-state index contributed by atoms with van der Waals surface area (Å²) in [7, 11) is 1.63. The van der Waals surface area contributed by atoms with Gasteiger partial charge in [-0.15, -0.1) is 11.3 Å². The van der Waals surface area contributed by atoms with Gasteiger partial charge in [-0.25, -0.2) is 9.97 Å². The van der Waals surface area contributed by atoms with Crippen LogP contribution in [0.5, 0.6) is 0 Å². The summed E-state index contributed by atoms with van der Waals surface area (Å²) in [6.45, 7) is 2.49. The highest BCUT2D eigenvalue weighted by molar-refractivity contribution is 7.15. The molecule has 3 nitrogen and oxygen atoms in total. The summed E-state index contributed by atoms with van der Waals surface area (Å²) < 4.78 is 5.03. The zero-order valence-electron chi connectivity index (χ0n) is 9.03. The lowest BCUT2D eigenvalue weighted by Gasteiger charge is -2.02. The van der Waals surface area contributed by atoms with E-state index in [0.29, 0.717) is 17.6 Å². The van der Waals surface area contributed by atoms with Gasteiger partial charge in [0.1, 0.15) is 5.15 Å². The van der Waals surface area contributed by atoms with E-state index < -0.39 is 0 Å². The topological polar surface area (TPSA) is 35.0 Å². The lowest BCUT2D eigenvalue weighted by atomic mass is 10.3. The Labute approximate surface area is 103 Å². The predicted molar refractivity (Wildman–Crippen MR) is 65.8 cm³/mol. The van der Waals surface area contributed by atoms with Crippen molar-refractivity contribution < 1.29 is 4.74 Å². The second-order valence-electron chi connectivity index (χ2n) is 3.35. The Morgan fingerprint density at radius 2 is 2.19 bits per heavy atom. The van der Waals surface area contributed by atoms with Crippen molar-refractivity contribution in [2.45, 2.75) is 13.5 Å². The maximum absolute atomic E-state index is 5.94. The highest BCUT2D eigenvalue weighted by atomic mass is 35.5. The van der Waals surface area contributed by atoms with Crippen LogP contribution in [0.1, 0.15) is 10.6 Å². The summed E-state index contributed by atoms with van der Waals surface area (Å²) in [4.78, 5) is 10.9. The van der Waals surface area contributed by atoms with Crippen molar-refractivity contribution in [3.05, 3.63) is 33.9 Å². The van der Waals surface area contributed by atoms with E-state index in [1.165, 1.54) is 4.88 Å². The molecule has 0 saturated heterocycles. The second kappa shape index (κ2) is 4.91. The van der Waals surface area contributed by atoms with Crippen molar-refractivity contribution in [3.8, 4) is 10.7 Å². The molecular weight excluding hydrogens is 244 g/mol. The highest BCUT2D eigenvalue weighted by Crippen LogP contribution is 2.26. The van der Waals surface area contributed by atoms with Gasteiger partial charge in [0.25, 0.3) is 0 Å². The van der Waals surface area contributed by atoms with Gasteiger partial charge in [-0.3, -0.25) is 0 Å². The molecule has 0 aliphatic rings. The number of thiophene rings is 1. The van der Waals surface area contributed by atoms with E-state index in [-0.39, 0.29) is 0 Å². The molecule has 2 aromatic heterocycles. The summed E-state index contributed by atoms with van der Waals surface area (Å²) in [6.07, 6.45) is 0. The van der Waals surface area contributed by atoms with Crippen LogP contribution in [0.15, 0.2) is 18.2 Å². The quantitative estimate of drug-likeness (QED) is 0.789. The lowest BCUT2D eigenvalue weighted by molar-refractivity contribution is 0.181.